The third-order valence-corrected chi connectivity index (χ3v) is 4.92. The molecular formula is C14H25N5OS. The summed E-state index contributed by atoms with van der Waals surface area (Å²) in [6.45, 7) is 10.0. The molecule has 2 unspecified atom stereocenters. The summed E-state index contributed by atoms with van der Waals surface area (Å²) >= 11 is 1.31. The van der Waals surface area contributed by atoms with Crippen molar-refractivity contribution in [1.82, 2.24) is 14.6 Å². The first kappa shape index (κ1) is 16.0. The number of nitrogens with two attached hydrogens (primary N) is 1. The summed E-state index contributed by atoms with van der Waals surface area (Å²) in [5, 5.41) is 3.79. The summed E-state index contributed by atoms with van der Waals surface area (Å²) in [5.74, 6) is 0.192. The molecule has 0 spiro atoms. The molecule has 1 aromatic heterocycles. The smallest absolute Gasteiger partial charge is 0.258 e. The van der Waals surface area contributed by atoms with Crippen molar-refractivity contribution in [2.45, 2.75) is 45.8 Å². The van der Waals surface area contributed by atoms with Crippen LogP contribution in [0.4, 0.5) is 10.8 Å². The first-order valence-corrected chi connectivity index (χ1v) is 8.11. The van der Waals surface area contributed by atoms with Gasteiger partial charge in [0.2, 0.25) is 0 Å². The lowest BCUT2D eigenvalue weighted by atomic mass is 10.1. The number of anilines is 2. The number of likely N-dealkylation sites (N-methyl/N-ethyl adjacent to an activating group) is 1. The Bertz CT molecular complexity index is 503. The minimum atomic E-state index is -0.134. The predicted octanol–water partition coefficient (Wildman–Crippen LogP) is 1.39. The van der Waals surface area contributed by atoms with Crippen molar-refractivity contribution in [3.8, 4) is 0 Å². The SMILES string of the molecule is CC(C)NC(=O)c1c(N)nsc1N1CC(C)N(C)C(C)C1. The zero-order valence-corrected chi connectivity index (χ0v) is 14.2. The van der Waals surface area contributed by atoms with Crippen molar-refractivity contribution in [3.63, 3.8) is 0 Å². The van der Waals surface area contributed by atoms with E-state index in [1.807, 2.05) is 13.8 Å². The largest absolute Gasteiger partial charge is 0.382 e. The van der Waals surface area contributed by atoms with E-state index >= 15 is 0 Å². The van der Waals surface area contributed by atoms with Crippen molar-refractivity contribution in [1.29, 1.82) is 0 Å². The first-order chi connectivity index (χ1) is 9.81. The number of hydrogen-bond donors (Lipinski definition) is 2. The third kappa shape index (κ3) is 3.29. The van der Waals surface area contributed by atoms with Gasteiger partial charge in [0.05, 0.1) is 0 Å². The molecule has 0 bridgehead atoms. The number of carbonyl (C=O) groups excluding carboxylic acids is 1. The van der Waals surface area contributed by atoms with Gasteiger partial charge < -0.3 is 16.0 Å². The van der Waals surface area contributed by atoms with Gasteiger partial charge in [0.1, 0.15) is 10.6 Å². The molecule has 7 heteroatoms. The lowest BCUT2D eigenvalue weighted by molar-refractivity contribution is 0.0944. The van der Waals surface area contributed by atoms with E-state index in [-0.39, 0.29) is 11.9 Å². The number of nitrogens with one attached hydrogen (secondary N) is 1. The Balaban J connectivity index is 2.27. The van der Waals surface area contributed by atoms with Crippen molar-refractivity contribution in [2.24, 2.45) is 0 Å². The number of piperazine rings is 1. The maximum atomic E-state index is 12.4. The minimum Gasteiger partial charge on any atom is -0.382 e. The summed E-state index contributed by atoms with van der Waals surface area (Å²) in [6, 6.07) is 0.936. The molecule has 0 aliphatic carbocycles. The van der Waals surface area contributed by atoms with Crippen molar-refractivity contribution < 1.29 is 4.79 Å². The summed E-state index contributed by atoms with van der Waals surface area (Å²) < 4.78 is 4.19. The Morgan fingerprint density at radius 1 is 1.38 bits per heavy atom. The van der Waals surface area contributed by atoms with Crippen LogP contribution < -0.4 is 16.0 Å². The van der Waals surface area contributed by atoms with Gasteiger partial charge in [0, 0.05) is 31.2 Å². The van der Waals surface area contributed by atoms with Crippen LogP contribution in [0.25, 0.3) is 0 Å². The standard InChI is InChI=1S/C14H25N5OS/c1-8(2)16-13(20)11-12(15)17-21-14(11)19-6-9(3)18(5)10(4)7-19/h8-10H,6-7H2,1-5H3,(H2,15,17)(H,16,20). The van der Waals surface area contributed by atoms with Crippen LogP contribution in [0, 0.1) is 0 Å². The Morgan fingerprint density at radius 2 is 1.95 bits per heavy atom. The topological polar surface area (TPSA) is 74.5 Å². The van der Waals surface area contributed by atoms with Gasteiger partial charge in [0.15, 0.2) is 5.82 Å². The molecule has 1 aliphatic rings. The quantitative estimate of drug-likeness (QED) is 0.882. The van der Waals surface area contributed by atoms with Crippen LogP contribution in [-0.4, -0.2) is 53.4 Å². The van der Waals surface area contributed by atoms with Crippen LogP contribution in [0.3, 0.4) is 0 Å². The van der Waals surface area contributed by atoms with Gasteiger partial charge in [-0.3, -0.25) is 9.69 Å². The molecule has 1 aliphatic heterocycles. The molecule has 6 nitrogen and oxygen atoms in total. The second-order valence-electron chi connectivity index (χ2n) is 6.14. The van der Waals surface area contributed by atoms with Crippen LogP contribution >= 0.6 is 11.5 Å². The molecule has 1 aromatic rings. The van der Waals surface area contributed by atoms with Crippen LogP contribution in [0.15, 0.2) is 0 Å². The van der Waals surface area contributed by atoms with E-state index in [1.165, 1.54) is 11.5 Å². The molecule has 1 fully saturated rings. The first-order valence-electron chi connectivity index (χ1n) is 7.34. The van der Waals surface area contributed by atoms with Gasteiger partial charge >= 0.3 is 0 Å². The van der Waals surface area contributed by atoms with E-state index in [4.69, 9.17) is 5.73 Å². The molecule has 0 saturated carbocycles. The molecule has 0 radical (unpaired) electrons. The van der Waals surface area contributed by atoms with E-state index in [1.54, 1.807) is 0 Å². The predicted molar refractivity (Wildman–Crippen MR) is 88.0 cm³/mol. The molecule has 2 rings (SSSR count). The molecule has 21 heavy (non-hydrogen) atoms. The maximum Gasteiger partial charge on any atom is 0.258 e. The lowest BCUT2D eigenvalue weighted by Crippen LogP contribution is -2.55. The number of aromatic nitrogens is 1. The Hall–Kier alpha value is -1.34. The van der Waals surface area contributed by atoms with E-state index in [0.29, 0.717) is 23.5 Å². The van der Waals surface area contributed by atoms with E-state index < -0.39 is 0 Å². The van der Waals surface area contributed by atoms with Crippen LogP contribution in [0.5, 0.6) is 0 Å². The van der Waals surface area contributed by atoms with Crippen LogP contribution in [0.2, 0.25) is 0 Å². The van der Waals surface area contributed by atoms with Gasteiger partial charge in [-0.25, -0.2) is 0 Å². The van der Waals surface area contributed by atoms with Crippen LogP contribution in [0.1, 0.15) is 38.1 Å². The summed E-state index contributed by atoms with van der Waals surface area (Å²) in [6.07, 6.45) is 0. The molecule has 3 N–H and O–H groups in total. The molecule has 2 atom stereocenters. The van der Waals surface area contributed by atoms with Crippen molar-refractivity contribution in [3.05, 3.63) is 5.56 Å². The highest BCUT2D eigenvalue weighted by Crippen LogP contribution is 2.32. The monoisotopic (exact) mass is 311 g/mol. The Labute approximate surface area is 130 Å². The summed E-state index contributed by atoms with van der Waals surface area (Å²) in [5.41, 5.74) is 6.45. The maximum absolute atomic E-state index is 12.4. The average molecular weight is 311 g/mol. The number of rotatable bonds is 3. The average Bonchev–Trinajstić information content (AvgIpc) is 2.76. The Morgan fingerprint density at radius 3 is 2.48 bits per heavy atom. The lowest BCUT2D eigenvalue weighted by Gasteiger charge is -2.43. The van der Waals surface area contributed by atoms with Gasteiger partial charge in [-0.15, -0.1) is 0 Å². The van der Waals surface area contributed by atoms with E-state index in [2.05, 4.69) is 40.4 Å². The normalized spacial score (nSPS) is 23.6. The summed E-state index contributed by atoms with van der Waals surface area (Å²) in [4.78, 5) is 17.0. The highest BCUT2D eigenvalue weighted by molar-refractivity contribution is 7.11. The highest BCUT2D eigenvalue weighted by Gasteiger charge is 2.31. The van der Waals surface area contributed by atoms with Crippen molar-refractivity contribution >= 4 is 28.3 Å². The highest BCUT2D eigenvalue weighted by atomic mass is 32.1. The number of amides is 1. The summed E-state index contributed by atoms with van der Waals surface area (Å²) in [7, 11) is 2.14. The van der Waals surface area contributed by atoms with E-state index in [9.17, 15) is 4.79 Å². The second kappa shape index (κ2) is 6.19. The van der Waals surface area contributed by atoms with Gasteiger partial charge in [-0.2, -0.15) is 4.37 Å². The third-order valence-electron chi connectivity index (χ3n) is 3.99. The number of nitrogen functional groups attached to an aromatic ring is 1. The number of carbonyl (C=O) groups is 1. The molecule has 2 heterocycles. The molecular weight excluding hydrogens is 286 g/mol. The minimum absolute atomic E-state index is 0.0787. The molecule has 1 amide bonds. The molecule has 0 aromatic carbocycles. The molecule has 1 saturated heterocycles. The van der Waals surface area contributed by atoms with Gasteiger partial charge in [0.25, 0.3) is 5.91 Å². The van der Waals surface area contributed by atoms with Gasteiger partial charge in [-0.1, -0.05) is 0 Å². The second-order valence-corrected chi connectivity index (χ2v) is 6.90. The van der Waals surface area contributed by atoms with Crippen molar-refractivity contribution in [2.75, 3.05) is 30.8 Å². The fraction of sp³-hybridized carbons (Fsp3) is 0.714. The Kier molecular flexibility index (Phi) is 4.73. The number of hydrogen-bond acceptors (Lipinski definition) is 6. The van der Waals surface area contributed by atoms with Gasteiger partial charge in [-0.05, 0) is 46.3 Å². The zero-order chi connectivity index (χ0) is 15.7. The van der Waals surface area contributed by atoms with E-state index in [0.717, 1.165) is 18.1 Å². The number of nitrogens with zero attached hydrogens (tertiary/aromatic N) is 3. The zero-order valence-electron chi connectivity index (χ0n) is 13.4. The fourth-order valence-corrected chi connectivity index (χ4v) is 3.46. The fourth-order valence-electron chi connectivity index (χ4n) is 2.63. The van der Waals surface area contributed by atoms with Crippen LogP contribution in [-0.2, 0) is 0 Å². The molecule has 118 valence electrons.